The van der Waals surface area contributed by atoms with E-state index in [-0.39, 0.29) is 0 Å². The predicted octanol–water partition coefficient (Wildman–Crippen LogP) is 3.98. The number of rotatable bonds is 5. The molecule has 2 aliphatic carbocycles. The molecule has 0 spiro atoms. The molecule has 0 saturated heterocycles. The number of nitrogens with one attached hydrogen (secondary N) is 1. The second-order valence-corrected chi connectivity index (χ2v) is 6.20. The highest BCUT2D eigenvalue weighted by molar-refractivity contribution is 4.89. The summed E-state index contributed by atoms with van der Waals surface area (Å²) in [6.07, 6.45) is 11.7. The lowest BCUT2D eigenvalue weighted by Gasteiger charge is -2.42. The van der Waals surface area contributed by atoms with Crippen molar-refractivity contribution in [2.45, 2.75) is 71.3 Å². The van der Waals surface area contributed by atoms with E-state index < -0.39 is 0 Å². The molecule has 0 aromatic heterocycles. The molecule has 2 rings (SSSR count). The molecular weight excluding hydrogens is 194 g/mol. The largest absolute Gasteiger partial charge is 0.313 e. The number of hydrogen-bond acceptors (Lipinski definition) is 1. The van der Waals surface area contributed by atoms with E-state index in [0.29, 0.717) is 0 Å². The van der Waals surface area contributed by atoms with Crippen molar-refractivity contribution in [3.8, 4) is 0 Å². The Morgan fingerprint density at radius 2 is 1.75 bits per heavy atom. The van der Waals surface area contributed by atoms with Gasteiger partial charge in [0.25, 0.3) is 0 Å². The summed E-state index contributed by atoms with van der Waals surface area (Å²) in [6, 6.07) is 0.858. The van der Waals surface area contributed by atoms with E-state index in [1.54, 1.807) is 0 Å². The maximum atomic E-state index is 3.86. The van der Waals surface area contributed by atoms with Gasteiger partial charge in [-0.3, -0.25) is 0 Å². The molecule has 2 fully saturated rings. The van der Waals surface area contributed by atoms with Crippen molar-refractivity contribution in [3.05, 3.63) is 0 Å². The van der Waals surface area contributed by atoms with Crippen LogP contribution in [0, 0.1) is 17.8 Å². The zero-order chi connectivity index (χ0) is 11.4. The maximum Gasteiger partial charge on any atom is 0.0124 e. The molecule has 0 bridgehead atoms. The summed E-state index contributed by atoms with van der Waals surface area (Å²) in [6.45, 7) is 5.96. The van der Waals surface area contributed by atoms with E-state index in [2.05, 4.69) is 19.2 Å². The van der Waals surface area contributed by atoms with E-state index in [4.69, 9.17) is 0 Å². The Hall–Kier alpha value is -0.0400. The molecule has 0 aromatic carbocycles. The molecule has 1 N–H and O–H groups in total. The molecule has 0 aliphatic heterocycles. The van der Waals surface area contributed by atoms with E-state index in [0.717, 1.165) is 23.8 Å². The average molecular weight is 223 g/mol. The van der Waals surface area contributed by atoms with Gasteiger partial charge in [-0.1, -0.05) is 33.1 Å². The van der Waals surface area contributed by atoms with Crippen molar-refractivity contribution in [2.24, 2.45) is 17.8 Å². The zero-order valence-corrected chi connectivity index (χ0v) is 11.2. The van der Waals surface area contributed by atoms with Gasteiger partial charge in [-0.05, 0) is 56.4 Å². The van der Waals surface area contributed by atoms with Crippen molar-refractivity contribution in [1.82, 2.24) is 5.32 Å². The van der Waals surface area contributed by atoms with Crippen LogP contribution in [0.3, 0.4) is 0 Å². The van der Waals surface area contributed by atoms with Gasteiger partial charge in [0.05, 0.1) is 0 Å². The van der Waals surface area contributed by atoms with Crippen molar-refractivity contribution in [1.29, 1.82) is 0 Å². The standard InChI is InChI=1S/C15H29N/c1-3-10-16-15(13-7-5-8-13)14-9-4-6-12(2)11-14/h12-16H,3-11H2,1-2H3. The fourth-order valence-electron chi connectivity index (χ4n) is 3.64. The third kappa shape index (κ3) is 3.00. The normalized spacial score (nSPS) is 33.4. The molecule has 0 radical (unpaired) electrons. The molecule has 1 heteroatoms. The van der Waals surface area contributed by atoms with E-state index in [1.807, 2.05) is 0 Å². The van der Waals surface area contributed by atoms with Crippen LogP contribution in [0.1, 0.15) is 65.2 Å². The second-order valence-electron chi connectivity index (χ2n) is 6.20. The quantitative estimate of drug-likeness (QED) is 0.743. The second kappa shape index (κ2) is 6.05. The van der Waals surface area contributed by atoms with Crippen LogP contribution in [0.5, 0.6) is 0 Å². The van der Waals surface area contributed by atoms with E-state index in [1.165, 1.54) is 57.9 Å². The molecule has 0 amide bonds. The van der Waals surface area contributed by atoms with Gasteiger partial charge in [0.2, 0.25) is 0 Å². The van der Waals surface area contributed by atoms with Crippen molar-refractivity contribution >= 4 is 0 Å². The van der Waals surface area contributed by atoms with E-state index >= 15 is 0 Å². The lowest BCUT2D eigenvalue weighted by molar-refractivity contribution is 0.130. The van der Waals surface area contributed by atoms with Crippen molar-refractivity contribution in [3.63, 3.8) is 0 Å². The Balaban J connectivity index is 1.88. The lowest BCUT2D eigenvalue weighted by atomic mass is 9.69. The summed E-state index contributed by atoms with van der Waals surface area (Å²) in [4.78, 5) is 0. The lowest BCUT2D eigenvalue weighted by Crippen LogP contribution is -2.46. The van der Waals surface area contributed by atoms with Crippen LogP contribution in [-0.4, -0.2) is 12.6 Å². The summed E-state index contributed by atoms with van der Waals surface area (Å²) in [7, 11) is 0. The highest BCUT2D eigenvalue weighted by Crippen LogP contribution is 2.39. The highest BCUT2D eigenvalue weighted by atomic mass is 14.9. The molecule has 0 heterocycles. The van der Waals surface area contributed by atoms with Crippen LogP contribution in [-0.2, 0) is 0 Å². The van der Waals surface area contributed by atoms with Crippen molar-refractivity contribution < 1.29 is 0 Å². The third-order valence-electron chi connectivity index (χ3n) is 4.77. The fourth-order valence-corrected chi connectivity index (χ4v) is 3.64. The molecule has 94 valence electrons. The van der Waals surface area contributed by atoms with Gasteiger partial charge in [-0.25, -0.2) is 0 Å². The summed E-state index contributed by atoms with van der Waals surface area (Å²) >= 11 is 0. The molecule has 3 atom stereocenters. The van der Waals surface area contributed by atoms with E-state index in [9.17, 15) is 0 Å². The Morgan fingerprint density at radius 3 is 2.31 bits per heavy atom. The first-order valence-corrected chi connectivity index (χ1v) is 7.54. The minimum absolute atomic E-state index is 0.858. The first kappa shape index (κ1) is 12.4. The molecule has 0 aromatic rings. The van der Waals surface area contributed by atoms with Crippen LogP contribution in [0.15, 0.2) is 0 Å². The topological polar surface area (TPSA) is 12.0 Å². The average Bonchev–Trinajstić information content (AvgIpc) is 2.21. The smallest absolute Gasteiger partial charge is 0.0124 e. The Kier molecular flexibility index (Phi) is 4.69. The summed E-state index contributed by atoms with van der Waals surface area (Å²) < 4.78 is 0. The molecule has 1 nitrogen and oxygen atoms in total. The Labute approximate surface area is 101 Å². The van der Waals surface area contributed by atoms with Gasteiger partial charge in [-0.2, -0.15) is 0 Å². The fraction of sp³-hybridized carbons (Fsp3) is 1.00. The number of hydrogen-bond donors (Lipinski definition) is 1. The molecule has 3 unspecified atom stereocenters. The maximum absolute atomic E-state index is 3.86. The molecule has 16 heavy (non-hydrogen) atoms. The first-order valence-electron chi connectivity index (χ1n) is 7.54. The van der Waals surface area contributed by atoms with Crippen LogP contribution >= 0.6 is 0 Å². The zero-order valence-electron chi connectivity index (χ0n) is 11.2. The molecular formula is C15H29N. The van der Waals surface area contributed by atoms with Gasteiger partial charge in [0, 0.05) is 6.04 Å². The van der Waals surface area contributed by atoms with Gasteiger partial charge >= 0.3 is 0 Å². The first-order chi connectivity index (χ1) is 7.81. The van der Waals surface area contributed by atoms with Gasteiger partial charge in [-0.15, -0.1) is 0 Å². The summed E-state index contributed by atoms with van der Waals surface area (Å²) in [5.74, 6) is 2.98. The van der Waals surface area contributed by atoms with Crippen LogP contribution in [0.4, 0.5) is 0 Å². The molecule has 2 saturated carbocycles. The van der Waals surface area contributed by atoms with Crippen molar-refractivity contribution in [2.75, 3.05) is 6.54 Å². The SMILES string of the molecule is CCCNC(C1CCC1)C1CCCC(C)C1. The van der Waals surface area contributed by atoms with Gasteiger partial charge in [0.1, 0.15) is 0 Å². The van der Waals surface area contributed by atoms with Crippen LogP contribution in [0.25, 0.3) is 0 Å². The molecule has 2 aliphatic rings. The summed E-state index contributed by atoms with van der Waals surface area (Å²) in [5, 5.41) is 3.86. The monoisotopic (exact) mass is 223 g/mol. The van der Waals surface area contributed by atoms with Crippen LogP contribution < -0.4 is 5.32 Å². The third-order valence-corrected chi connectivity index (χ3v) is 4.77. The van der Waals surface area contributed by atoms with Gasteiger partial charge < -0.3 is 5.32 Å². The predicted molar refractivity (Wildman–Crippen MR) is 70.5 cm³/mol. The minimum atomic E-state index is 0.858. The Bertz CT molecular complexity index is 198. The minimum Gasteiger partial charge on any atom is -0.313 e. The summed E-state index contributed by atoms with van der Waals surface area (Å²) in [5.41, 5.74) is 0. The van der Waals surface area contributed by atoms with Crippen LogP contribution in [0.2, 0.25) is 0 Å². The Morgan fingerprint density at radius 1 is 1.06 bits per heavy atom. The highest BCUT2D eigenvalue weighted by Gasteiger charge is 2.34. The van der Waals surface area contributed by atoms with Gasteiger partial charge in [0.15, 0.2) is 0 Å².